The average Bonchev–Trinajstić information content (AvgIpc) is 2.17. The fourth-order valence-electron chi connectivity index (χ4n) is 2.31. The monoisotopic (exact) mass is 226 g/mol. The standard InChI is InChI=1S/C12H22O2Si/c1-10(13)9-11(2)14-15(3)12-7-5-4-6-8-12/h9,12,15H,4-8H2,1-3H3. The van der Waals surface area contributed by atoms with Crippen molar-refractivity contribution < 1.29 is 9.22 Å². The van der Waals surface area contributed by atoms with Crippen molar-refractivity contribution >= 4 is 14.8 Å². The number of rotatable bonds is 4. The summed E-state index contributed by atoms with van der Waals surface area (Å²) < 4.78 is 5.88. The zero-order chi connectivity index (χ0) is 11.3. The molecule has 86 valence electrons. The van der Waals surface area contributed by atoms with Crippen molar-refractivity contribution in [1.29, 1.82) is 0 Å². The summed E-state index contributed by atoms with van der Waals surface area (Å²) in [6.45, 7) is 5.72. The van der Waals surface area contributed by atoms with Gasteiger partial charge in [-0.05, 0) is 38.8 Å². The molecule has 0 aromatic heterocycles. The first-order valence-corrected chi connectivity index (χ1v) is 8.24. The molecule has 1 fully saturated rings. The first kappa shape index (κ1) is 12.5. The van der Waals surface area contributed by atoms with E-state index in [2.05, 4.69) is 6.55 Å². The Morgan fingerprint density at radius 2 is 1.87 bits per heavy atom. The Labute approximate surface area is 94.4 Å². The Balaban J connectivity index is 2.39. The van der Waals surface area contributed by atoms with Crippen LogP contribution >= 0.6 is 0 Å². The van der Waals surface area contributed by atoms with Crippen molar-refractivity contribution in [1.82, 2.24) is 0 Å². The number of allylic oxidation sites excluding steroid dienone is 2. The van der Waals surface area contributed by atoms with Crippen LogP contribution in [0.15, 0.2) is 11.8 Å². The van der Waals surface area contributed by atoms with E-state index in [4.69, 9.17) is 4.43 Å². The first-order valence-electron chi connectivity index (χ1n) is 5.95. The number of ketones is 1. The van der Waals surface area contributed by atoms with Gasteiger partial charge in [0.25, 0.3) is 0 Å². The van der Waals surface area contributed by atoms with Crippen molar-refractivity contribution in [3.05, 3.63) is 11.8 Å². The molecule has 1 aliphatic carbocycles. The van der Waals surface area contributed by atoms with Gasteiger partial charge in [-0.15, -0.1) is 0 Å². The molecule has 1 unspecified atom stereocenters. The Morgan fingerprint density at radius 1 is 1.27 bits per heavy atom. The summed E-state index contributed by atoms with van der Waals surface area (Å²) in [7, 11) is -1.12. The van der Waals surface area contributed by atoms with Gasteiger partial charge in [0.2, 0.25) is 9.04 Å². The molecule has 1 aliphatic rings. The molecule has 0 bridgehead atoms. The summed E-state index contributed by atoms with van der Waals surface area (Å²) in [6.07, 6.45) is 8.38. The molecule has 1 saturated carbocycles. The molecule has 1 rings (SSSR count). The van der Waals surface area contributed by atoms with Crippen LogP contribution in [0.2, 0.25) is 12.1 Å². The lowest BCUT2D eigenvalue weighted by Gasteiger charge is -2.27. The average molecular weight is 226 g/mol. The maximum absolute atomic E-state index is 10.9. The second kappa shape index (κ2) is 6.11. The van der Waals surface area contributed by atoms with E-state index >= 15 is 0 Å². The van der Waals surface area contributed by atoms with Crippen LogP contribution in [0.5, 0.6) is 0 Å². The van der Waals surface area contributed by atoms with E-state index in [1.165, 1.54) is 32.1 Å². The van der Waals surface area contributed by atoms with E-state index in [9.17, 15) is 4.79 Å². The fourth-order valence-corrected chi connectivity index (χ4v) is 4.57. The Hall–Kier alpha value is -0.573. The lowest BCUT2D eigenvalue weighted by atomic mass is 10.0. The predicted octanol–water partition coefficient (Wildman–Crippen LogP) is 3.18. The Morgan fingerprint density at radius 3 is 2.40 bits per heavy atom. The summed E-state index contributed by atoms with van der Waals surface area (Å²) >= 11 is 0. The third kappa shape index (κ3) is 4.65. The number of hydrogen-bond donors (Lipinski definition) is 0. The first-order chi connectivity index (χ1) is 7.09. The van der Waals surface area contributed by atoms with E-state index < -0.39 is 9.04 Å². The van der Waals surface area contributed by atoms with E-state index in [1.807, 2.05) is 6.92 Å². The minimum absolute atomic E-state index is 0.0809. The van der Waals surface area contributed by atoms with Crippen LogP contribution in [0.1, 0.15) is 46.0 Å². The molecule has 0 aliphatic heterocycles. The Bertz CT molecular complexity index is 242. The topological polar surface area (TPSA) is 26.3 Å². The lowest BCUT2D eigenvalue weighted by Crippen LogP contribution is -2.22. The van der Waals surface area contributed by atoms with Gasteiger partial charge in [0, 0.05) is 6.08 Å². The van der Waals surface area contributed by atoms with Crippen molar-refractivity contribution in [3.63, 3.8) is 0 Å². The third-order valence-electron chi connectivity index (χ3n) is 3.09. The van der Waals surface area contributed by atoms with Gasteiger partial charge < -0.3 is 4.43 Å². The summed E-state index contributed by atoms with van der Waals surface area (Å²) in [5, 5.41) is 0. The molecular weight excluding hydrogens is 204 g/mol. The molecule has 0 aromatic rings. The molecule has 0 radical (unpaired) electrons. The quantitative estimate of drug-likeness (QED) is 0.418. The molecule has 1 atom stereocenters. The summed E-state index contributed by atoms with van der Waals surface area (Å²) in [6, 6.07) is 0. The van der Waals surface area contributed by atoms with Crippen molar-refractivity contribution in [2.24, 2.45) is 0 Å². The van der Waals surface area contributed by atoms with Crippen LogP contribution in [-0.4, -0.2) is 14.8 Å². The largest absolute Gasteiger partial charge is 0.549 e. The SMILES string of the molecule is CC(=O)C=C(C)O[SiH](C)C1CCCCC1. The minimum atomic E-state index is -1.12. The molecular formula is C12H22O2Si. The molecule has 0 N–H and O–H groups in total. The minimum Gasteiger partial charge on any atom is -0.549 e. The summed E-state index contributed by atoms with van der Waals surface area (Å²) in [5.74, 6) is 0.893. The van der Waals surface area contributed by atoms with Gasteiger partial charge in [0.1, 0.15) is 0 Å². The van der Waals surface area contributed by atoms with Gasteiger partial charge in [-0.3, -0.25) is 4.79 Å². The van der Waals surface area contributed by atoms with Gasteiger partial charge in [0.15, 0.2) is 5.78 Å². The zero-order valence-corrected chi connectivity index (χ0v) is 11.2. The molecule has 15 heavy (non-hydrogen) atoms. The van der Waals surface area contributed by atoms with Crippen molar-refractivity contribution in [3.8, 4) is 0 Å². The number of hydrogen-bond acceptors (Lipinski definition) is 2. The molecule has 2 nitrogen and oxygen atoms in total. The van der Waals surface area contributed by atoms with Gasteiger partial charge in [-0.1, -0.05) is 19.3 Å². The highest BCUT2D eigenvalue weighted by molar-refractivity contribution is 6.52. The Kier molecular flexibility index (Phi) is 5.09. The van der Waals surface area contributed by atoms with E-state index in [1.54, 1.807) is 13.0 Å². The second-order valence-corrected chi connectivity index (χ2v) is 7.18. The van der Waals surface area contributed by atoms with Gasteiger partial charge >= 0.3 is 0 Å². The number of carbonyl (C=O) groups excluding carboxylic acids is 1. The molecule has 0 amide bonds. The maximum atomic E-state index is 10.9. The highest BCUT2D eigenvalue weighted by Crippen LogP contribution is 2.32. The van der Waals surface area contributed by atoms with Gasteiger partial charge in [-0.25, -0.2) is 0 Å². The molecule has 0 spiro atoms. The normalized spacial score (nSPS) is 21.1. The van der Waals surface area contributed by atoms with E-state index in [-0.39, 0.29) is 5.78 Å². The summed E-state index contributed by atoms with van der Waals surface area (Å²) in [4.78, 5) is 10.9. The van der Waals surface area contributed by atoms with Crippen molar-refractivity contribution in [2.45, 2.75) is 58.0 Å². The second-order valence-electron chi connectivity index (χ2n) is 4.59. The molecule has 0 heterocycles. The van der Waals surface area contributed by atoms with E-state index in [0.717, 1.165) is 11.3 Å². The zero-order valence-electron chi connectivity index (χ0n) is 10.1. The van der Waals surface area contributed by atoms with Crippen LogP contribution < -0.4 is 0 Å². The molecule has 0 saturated heterocycles. The highest BCUT2D eigenvalue weighted by atomic mass is 28.3. The van der Waals surface area contributed by atoms with Crippen LogP contribution in [0.3, 0.4) is 0 Å². The fraction of sp³-hybridized carbons (Fsp3) is 0.750. The third-order valence-corrected chi connectivity index (χ3v) is 5.83. The van der Waals surface area contributed by atoms with Crippen LogP contribution in [0.4, 0.5) is 0 Å². The predicted molar refractivity (Wildman–Crippen MR) is 65.4 cm³/mol. The van der Waals surface area contributed by atoms with Crippen molar-refractivity contribution in [2.75, 3.05) is 0 Å². The smallest absolute Gasteiger partial charge is 0.235 e. The molecule has 0 aromatic carbocycles. The van der Waals surface area contributed by atoms with Gasteiger partial charge in [-0.2, -0.15) is 0 Å². The lowest BCUT2D eigenvalue weighted by molar-refractivity contribution is -0.112. The van der Waals surface area contributed by atoms with Gasteiger partial charge in [0.05, 0.1) is 5.76 Å². The highest BCUT2D eigenvalue weighted by Gasteiger charge is 2.23. The van der Waals surface area contributed by atoms with Crippen LogP contribution in [0.25, 0.3) is 0 Å². The van der Waals surface area contributed by atoms with E-state index in [0.29, 0.717) is 0 Å². The van der Waals surface area contributed by atoms with Crippen LogP contribution in [0, 0.1) is 0 Å². The molecule has 3 heteroatoms. The van der Waals surface area contributed by atoms with Crippen LogP contribution in [-0.2, 0) is 9.22 Å². The maximum Gasteiger partial charge on any atom is 0.235 e. The number of carbonyl (C=O) groups is 1. The summed E-state index contributed by atoms with van der Waals surface area (Å²) in [5.41, 5.74) is 0.814.